The van der Waals surface area contributed by atoms with Crippen molar-refractivity contribution >= 4 is 17.9 Å². The maximum Gasteiger partial charge on any atom is 0.306 e. The molecule has 0 aliphatic rings. The summed E-state index contributed by atoms with van der Waals surface area (Å²) in [5.74, 6) is -0.991. The van der Waals surface area contributed by atoms with E-state index in [0.717, 1.165) is 141 Å². The third kappa shape index (κ3) is 63.9. The Hall–Kier alpha value is -4.97. The number of hydrogen-bond acceptors (Lipinski definition) is 6. The number of esters is 3. The summed E-state index contributed by atoms with van der Waals surface area (Å²) in [6.07, 6.45) is 96.7. The van der Waals surface area contributed by atoms with Gasteiger partial charge in [-0.2, -0.15) is 0 Å². The Morgan fingerprint density at radius 2 is 0.500 bits per heavy atom. The van der Waals surface area contributed by atoms with E-state index in [1.54, 1.807) is 0 Å². The molecule has 0 fully saturated rings. The smallest absolute Gasteiger partial charge is 0.306 e. The van der Waals surface area contributed by atoms with Crippen LogP contribution in [0.1, 0.15) is 271 Å². The molecular weight excluding hydrogens is 985 g/mol. The van der Waals surface area contributed by atoms with Gasteiger partial charge in [0.15, 0.2) is 6.10 Å². The zero-order chi connectivity index (χ0) is 57.8. The molecule has 0 aromatic heterocycles. The lowest BCUT2D eigenvalue weighted by atomic mass is 10.0. The van der Waals surface area contributed by atoms with Crippen molar-refractivity contribution in [2.45, 2.75) is 277 Å². The highest BCUT2D eigenvalue weighted by molar-refractivity contribution is 5.71. The first-order chi connectivity index (χ1) is 39.5. The first-order valence-electron chi connectivity index (χ1n) is 32.5. The van der Waals surface area contributed by atoms with Crippen LogP contribution in [0.15, 0.2) is 158 Å². The number of allylic oxidation sites excluding steroid dienone is 26. The molecule has 1 atom stereocenters. The van der Waals surface area contributed by atoms with Crippen molar-refractivity contribution in [3.63, 3.8) is 0 Å². The highest BCUT2D eigenvalue weighted by Gasteiger charge is 2.19. The molecule has 450 valence electrons. The maximum absolute atomic E-state index is 12.9. The number of hydrogen-bond donors (Lipinski definition) is 0. The van der Waals surface area contributed by atoms with Gasteiger partial charge in [-0.05, 0) is 141 Å². The van der Waals surface area contributed by atoms with E-state index in [2.05, 4.69) is 179 Å². The lowest BCUT2D eigenvalue weighted by Crippen LogP contribution is -2.30. The number of carbonyl (C=O) groups excluding carboxylic acids is 3. The van der Waals surface area contributed by atoms with E-state index in [1.807, 2.05) is 0 Å². The molecule has 1 unspecified atom stereocenters. The minimum absolute atomic E-state index is 0.111. The first-order valence-corrected chi connectivity index (χ1v) is 32.5. The molecule has 0 aliphatic heterocycles. The molecule has 6 nitrogen and oxygen atoms in total. The predicted octanol–water partition coefficient (Wildman–Crippen LogP) is 22.5. The van der Waals surface area contributed by atoms with Crippen LogP contribution in [0.4, 0.5) is 0 Å². The second-order valence-electron chi connectivity index (χ2n) is 20.9. The largest absolute Gasteiger partial charge is 0.462 e. The minimum atomic E-state index is -0.819. The van der Waals surface area contributed by atoms with Gasteiger partial charge in [-0.1, -0.05) is 269 Å². The normalized spacial score (nSPS) is 13.2. The van der Waals surface area contributed by atoms with Crippen molar-refractivity contribution < 1.29 is 28.6 Å². The Morgan fingerprint density at radius 1 is 0.263 bits per heavy atom. The average Bonchev–Trinajstić information content (AvgIpc) is 3.46. The Balaban J connectivity index is 4.52. The molecule has 6 heteroatoms. The number of unbranched alkanes of at least 4 members (excludes halogenated alkanes) is 20. The van der Waals surface area contributed by atoms with Crippen LogP contribution in [0.25, 0.3) is 0 Å². The molecule has 80 heavy (non-hydrogen) atoms. The fourth-order valence-corrected chi connectivity index (χ4v) is 8.45. The molecule has 0 saturated carbocycles. The highest BCUT2D eigenvalue weighted by Crippen LogP contribution is 2.15. The van der Waals surface area contributed by atoms with Crippen molar-refractivity contribution in [3.8, 4) is 0 Å². The molecule has 0 aromatic rings. The molecular formula is C74H118O6. The summed E-state index contributed by atoms with van der Waals surface area (Å²) >= 11 is 0. The van der Waals surface area contributed by atoms with Crippen LogP contribution >= 0.6 is 0 Å². The molecule has 0 N–H and O–H groups in total. The van der Waals surface area contributed by atoms with Crippen LogP contribution in [0.3, 0.4) is 0 Å². The average molecular weight is 1100 g/mol. The second-order valence-corrected chi connectivity index (χ2v) is 20.9. The van der Waals surface area contributed by atoms with Gasteiger partial charge in [0.25, 0.3) is 0 Å². The van der Waals surface area contributed by atoms with Gasteiger partial charge in [0, 0.05) is 19.3 Å². The molecule has 0 bridgehead atoms. The van der Waals surface area contributed by atoms with Crippen LogP contribution in [0.2, 0.25) is 0 Å². The molecule has 0 aromatic carbocycles. The molecule has 0 heterocycles. The van der Waals surface area contributed by atoms with Crippen molar-refractivity contribution in [1.29, 1.82) is 0 Å². The van der Waals surface area contributed by atoms with Gasteiger partial charge in [0.1, 0.15) is 13.2 Å². The third-order valence-corrected chi connectivity index (χ3v) is 13.2. The van der Waals surface area contributed by atoms with E-state index < -0.39 is 6.10 Å². The third-order valence-electron chi connectivity index (χ3n) is 13.2. The van der Waals surface area contributed by atoms with Gasteiger partial charge in [-0.25, -0.2) is 0 Å². The van der Waals surface area contributed by atoms with E-state index in [9.17, 15) is 14.4 Å². The number of ether oxygens (including phenoxy) is 3. The molecule has 0 rings (SSSR count). The molecule has 0 radical (unpaired) electrons. The Labute approximate surface area is 492 Å². The van der Waals surface area contributed by atoms with Crippen LogP contribution in [0.5, 0.6) is 0 Å². The molecule has 0 saturated heterocycles. The molecule has 0 aliphatic carbocycles. The van der Waals surface area contributed by atoms with Crippen LogP contribution in [0, 0.1) is 0 Å². The predicted molar refractivity (Wildman–Crippen MR) is 348 cm³/mol. The Bertz CT molecular complexity index is 1790. The lowest BCUT2D eigenvalue weighted by Gasteiger charge is -2.18. The summed E-state index contributed by atoms with van der Waals surface area (Å²) in [6, 6.07) is 0. The maximum atomic E-state index is 12.9. The minimum Gasteiger partial charge on any atom is -0.462 e. The van der Waals surface area contributed by atoms with E-state index in [0.29, 0.717) is 19.3 Å². The zero-order valence-corrected chi connectivity index (χ0v) is 51.5. The van der Waals surface area contributed by atoms with Gasteiger partial charge < -0.3 is 14.2 Å². The fraction of sp³-hybridized carbons (Fsp3) is 0.608. The summed E-state index contributed by atoms with van der Waals surface area (Å²) < 4.78 is 16.9. The summed E-state index contributed by atoms with van der Waals surface area (Å²) in [5.41, 5.74) is 0. The van der Waals surface area contributed by atoms with E-state index in [-0.39, 0.29) is 37.5 Å². The monoisotopic (exact) mass is 1100 g/mol. The topological polar surface area (TPSA) is 78.9 Å². The molecule has 0 spiro atoms. The van der Waals surface area contributed by atoms with Crippen molar-refractivity contribution in [3.05, 3.63) is 158 Å². The van der Waals surface area contributed by atoms with E-state index in [4.69, 9.17) is 14.2 Å². The summed E-state index contributed by atoms with van der Waals surface area (Å²) in [6.45, 7) is 6.34. The van der Waals surface area contributed by atoms with Crippen molar-refractivity contribution in [2.75, 3.05) is 13.2 Å². The zero-order valence-electron chi connectivity index (χ0n) is 51.5. The van der Waals surface area contributed by atoms with Gasteiger partial charge >= 0.3 is 17.9 Å². The lowest BCUT2D eigenvalue weighted by molar-refractivity contribution is -0.167. The highest BCUT2D eigenvalue weighted by atomic mass is 16.6. The number of carbonyl (C=O) groups is 3. The quantitative estimate of drug-likeness (QED) is 0.0261. The summed E-state index contributed by atoms with van der Waals surface area (Å²) in [7, 11) is 0. The SMILES string of the molecule is CC/C=C\C/C=C\C/C=C\C/C=C\C/C=C\C/C=C\C/C=C\CCCC(=O)OCC(COC(=O)CCCCCCC/C=C\C/C=C\CCCCCC)OC(=O)CCCCCCCCCCCC/C=C\C/C=C\C/C=C\C/C=C\CC. The van der Waals surface area contributed by atoms with Crippen molar-refractivity contribution in [2.24, 2.45) is 0 Å². The van der Waals surface area contributed by atoms with Crippen LogP contribution in [-0.2, 0) is 28.6 Å². The number of rotatable bonds is 57. The van der Waals surface area contributed by atoms with Gasteiger partial charge in [-0.15, -0.1) is 0 Å². The van der Waals surface area contributed by atoms with Crippen LogP contribution < -0.4 is 0 Å². The van der Waals surface area contributed by atoms with E-state index in [1.165, 1.54) is 83.5 Å². The summed E-state index contributed by atoms with van der Waals surface area (Å²) in [4.78, 5) is 38.4. The molecule has 0 amide bonds. The van der Waals surface area contributed by atoms with Gasteiger partial charge in [0.05, 0.1) is 0 Å². The van der Waals surface area contributed by atoms with Crippen LogP contribution in [-0.4, -0.2) is 37.2 Å². The fourth-order valence-electron chi connectivity index (χ4n) is 8.45. The van der Waals surface area contributed by atoms with Gasteiger partial charge in [-0.3, -0.25) is 14.4 Å². The Morgan fingerprint density at radius 3 is 0.812 bits per heavy atom. The summed E-state index contributed by atoms with van der Waals surface area (Å²) in [5, 5.41) is 0. The van der Waals surface area contributed by atoms with E-state index >= 15 is 0 Å². The van der Waals surface area contributed by atoms with Crippen molar-refractivity contribution in [1.82, 2.24) is 0 Å². The second kappa shape index (κ2) is 66.5. The standard InChI is InChI=1S/C74H118O6/c1-4-7-10-13-16-19-22-25-28-31-33-35-37-39-41-43-46-49-52-55-58-61-64-67-73(76)79-70-71(69-78-72(75)66-63-60-57-54-51-48-45-30-27-24-21-18-15-12-9-6-3)80-74(77)68-65-62-59-56-53-50-47-44-42-40-38-36-34-32-29-26-23-20-17-14-11-8-5-2/h7-8,10-11,16-17,19-21,24-26,28-30,33-36,39,41,45-46,49,55,58,71H,4-6,9,12-15,18,22-23,27,31-32,37-38,40,42-44,47-48,50-54,56-57,59-70H2,1-3H3/b10-7-,11-8-,19-16-,20-17-,24-21-,28-25-,29-26-,35-33-,36-34-,41-39-,45-30-,49-46-,58-55-. The first kappa shape index (κ1) is 75.0. The van der Waals surface area contributed by atoms with Gasteiger partial charge in [0.2, 0.25) is 0 Å². The Kier molecular flexibility index (Phi) is 62.4.